The Morgan fingerprint density at radius 2 is 2.06 bits per heavy atom. The summed E-state index contributed by atoms with van der Waals surface area (Å²) in [6.45, 7) is 0.215. The number of carbonyl (C=O) groups excluding carboxylic acids is 1. The second-order valence-corrected chi connectivity index (χ2v) is 3.41. The molecule has 0 spiro atoms. The second-order valence-electron chi connectivity index (χ2n) is 3.41. The number of hydrogen-bond donors (Lipinski definition) is 0. The Labute approximate surface area is 91.1 Å². The molecule has 0 fully saturated rings. The standard InChI is InChI=1S/C12H9F2NO/c13-10-4-3-9(12(14)6-10)7-15-5-1-2-11(15)8-16/h1-6,8H,7H2. The first-order valence-electron chi connectivity index (χ1n) is 4.75. The van der Waals surface area contributed by atoms with Crippen molar-refractivity contribution in [2.45, 2.75) is 6.54 Å². The largest absolute Gasteiger partial charge is 0.341 e. The Kier molecular flexibility index (Phi) is 2.81. The SMILES string of the molecule is O=Cc1cccn1Cc1ccc(F)cc1F. The summed E-state index contributed by atoms with van der Waals surface area (Å²) < 4.78 is 27.6. The predicted molar refractivity (Wildman–Crippen MR) is 55.3 cm³/mol. The van der Waals surface area contributed by atoms with Crippen molar-refractivity contribution < 1.29 is 13.6 Å². The molecular weight excluding hydrogens is 212 g/mol. The van der Waals surface area contributed by atoms with E-state index in [1.54, 1.807) is 22.9 Å². The summed E-state index contributed by atoms with van der Waals surface area (Å²) in [5.41, 5.74) is 0.810. The van der Waals surface area contributed by atoms with Crippen LogP contribution in [0, 0.1) is 11.6 Å². The highest BCUT2D eigenvalue weighted by molar-refractivity contribution is 5.72. The molecule has 0 atom stereocenters. The van der Waals surface area contributed by atoms with Crippen molar-refractivity contribution in [2.75, 3.05) is 0 Å². The number of nitrogens with zero attached hydrogens (tertiary/aromatic N) is 1. The van der Waals surface area contributed by atoms with E-state index >= 15 is 0 Å². The lowest BCUT2D eigenvalue weighted by Crippen LogP contribution is -2.04. The summed E-state index contributed by atoms with van der Waals surface area (Å²) >= 11 is 0. The third kappa shape index (κ3) is 2.00. The maximum absolute atomic E-state index is 13.3. The fraction of sp³-hybridized carbons (Fsp3) is 0.0833. The monoisotopic (exact) mass is 221 g/mol. The van der Waals surface area contributed by atoms with Crippen molar-refractivity contribution in [3.8, 4) is 0 Å². The summed E-state index contributed by atoms with van der Waals surface area (Å²) in [6, 6.07) is 6.74. The van der Waals surface area contributed by atoms with Crippen LogP contribution in [-0.4, -0.2) is 10.9 Å². The molecular formula is C12H9F2NO. The van der Waals surface area contributed by atoms with Crippen molar-refractivity contribution in [3.05, 3.63) is 59.4 Å². The van der Waals surface area contributed by atoms with Gasteiger partial charge < -0.3 is 4.57 Å². The number of carbonyl (C=O) groups is 1. The van der Waals surface area contributed by atoms with E-state index in [9.17, 15) is 13.6 Å². The first-order chi connectivity index (χ1) is 7.70. The van der Waals surface area contributed by atoms with Gasteiger partial charge in [0.2, 0.25) is 0 Å². The number of aromatic nitrogens is 1. The molecule has 2 nitrogen and oxygen atoms in total. The normalized spacial score (nSPS) is 10.4. The molecule has 0 saturated heterocycles. The summed E-state index contributed by atoms with van der Waals surface area (Å²) in [5.74, 6) is -1.21. The van der Waals surface area contributed by atoms with Crippen LogP contribution in [0.5, 0.6) is 0 Å². The smallest absolute Gasteiger partial charge is 0.166 e. The number of aldehydes is 1. The molecule has 0 bridgehead atoms. The Balaban J connectivity index is 2.30. The van der Waals surface area contributed by atoms with E-state index < -0.39 is 11.6 Å². The molecule has 1 heterocycles. The highest BCUT2D eigenvalue weighted by Crippen LogP contribution is 2.12. The number of halogens is 2. The van der Waals surface area contributed by atoms with Gasteiger partial charge in [-0.1, -0.05) is 6.07 Å². The van der Waals surface area contributed by atoms with Crippen molar-refractivity contribution >= 4 is 6.29 Å². The van der Waals surface area contributed by atoms with Crippen LogP contribution < -0.4 is 0 Å². The summed E-state index contributed by atoms with van der Waals surface area (Å²) in [6.07, 6.45) is 2.37. The van der Waals surface area contributed by atoms with Gasteiger partial charge in [0, 0.05) is 17.8 Å². The van der Waals surface area contributed by atoms with Gasteiger partial charge in [-0.15, -0.1) is 0 Å². The van der Waals surface area contributed by atoms with Gasteiger partial charge in [0.15, 0.2) is 6.29 Å². The molecule has 0 saturated carbocycles. The molecule has 4 heteroatoms. The fourth-order valence-corrected chi connectivity index (χ4v) is 1.51. The van der Waals surface area contributed by atoms with Gasteiger partial charge in [0.25, 0.3) is 0 Å². The Bertz CT molecular complexity index is 519. The van der Waals surface area contributed by atoms with Gasteiger partial charge in [0.1, 0.15) is 11.6 Å². The maximum Gasteiger partial charge on any atom is 0.166 e. The van der Waals surface area contributed by atoms with Gasteiger partial charge in [-0.3, -0.25) is 4.79 Å². The number of rotatable bonds is 3. The number of benzene rings is 1. The molecule has 2 rings (SSSR count). The zero-order valence-corrected chi connectivity index (χ0v) is 8.36. The molecule has 0 unspecified atom stereocenters. The van der Waals surface area contributed by atoms with Crippen LogP contribution in [0.2, 0.25) is 0 Å². The van der Waals surface area contributed by atoms with Gasteiger partial charge in [-0.05, 0) is 18.2 Å². The molecule has 0 aliphatic carbocycles. The lowest BCUT2D eigenvalue weighted by Gasteiger charge is -2.06. The van der Waals surface area contributed by atoms with Crippen LogP contribution >= 0.6 is 0 Å². The minimum atomic E-state index is -0.607. The topological polar surface area (TPSA) is 22.0 Å². The highest BCUT2D eigenvalue weighted by atomic mass is 19.1. The first kappa shape index (κ1) is 10.5. The third-order valence-electron chi connectivity index (χ3n) is 2.34. The molecule has 16 heavy (non-hydrogen) atoms. The van der Waals surface area contributed by atoms with Crippen LogP contribution in [-0.2, 0) is 6.54 Å². The Hall–Kier alpha value is -1.97. The van der Waals surface area contributed by atoms with Crippen molar-refractivity contribution in [2.24, 2.45) is 0 Å². The van der Waals surface area contributed by atoms with Gasteiger partial charge in [0.05, 0.1) is 12.2 Å². The van der Waals surface area contributed by atoms with E-state index in [0.29, 0.717) is 17.5 Å². The maximum atomic E-state index is 13.3. The molecule has 0 aliphatic rings. The summed E-state index contributed by atoms with van der Waals surface area (Å²) in [4.78, 5) is 10.6. The average Bonchev–Trinajstić information content (AvgIpc) is 2.69. The van der Waals surface area contributed by atoms with Crippen molar-refractivity contribution in [1.29, 1.82) is 0 Å². The third-order valence-corrected chi connectivity index (χ3v) is 2.34. The minimum absolute atomic E-state index is 0.215. The van der Waals surface area contributed by atoms with E-state index in [1.807, 2.05) is 0 Å². The minimum Gasteiger partial charge on any atom is -0.341 e. The van der Waals surface area contributed by atoms with E-state index in [-0.39, 0.29) is 6.54 Å². The molecule has 0 amide bonds. The van der Waals surface area contributed by atoms with Crippen LogP contribution in [0.25, 0.3) is 0 Å². The lowest BCUT2D eigenvalue weighted by atomic mass is 10.2. The summed E-state index contributed by atoms with van der Waals surface area (Å²) in [7, 11) is 0. The van der Waals surface area contributed by atoms with Crippen molar-refractivity contribution in [1.82, 2.24) is 4.57 Å². The zero-order valence-electron chi connectivity index (χ0n) is 8.36. The molecule has 82 valence electrons. The van der Waals surface area contributed by atoms with E-state index in [0.717, 1.165) is 6.07 Å². The van der Waals surface area contributed by atoms with Gasteiger partial charge >= 0.3 is 0 Å². The van der Waals surface area contributed by atoms with Gasteiger partial charge in [-0.2, -0.15) is 0 Å². The molecule has 2 aromatic rings. The molecule has 0 N–H and O–H groups in total. The molecule has 1 aromatic heterocycles. The molecule has 1 aromatic carbocycles. The van der Waals surface area contributed by atoms with Crippen LogP contribution in [0.4, 0.5) is 8.78 Å². The van der Waals surface area contributed by atoms with E-state index in [1.165, 1.54) is 12.1 Å². The summed E-state index contributed by atoms with van der Waals surface area (Å²) in [5, 5.41) is 0. The Morgan fingerprint density at radius 3 is 2.75 bits per heavy atom. The lowest BCUT2D eigenvalue weighted by molar-refractivity contribution is 0.111. The predicted octanol–water partition coefficient (Wildman–Crippen LogP) is 2.63. The zero-order chi connectivity index (χ0) is 11.5. The quantitative estimate of drug-likeness (QED) is 0.730. The van der Waals surface area contributed by atoms with Crippen LogP contribution in [0.1, 0.15) is 16.1 Å². The fourth-order valence-electron chi connectivity index (χ4n) is 1.51. The highest BCUT2D eigenvalue weighted by Gasteiger charge is 2.06. The second kappa shape index (κ2) is 4.26. The van der Waals surface area contributed by atoms with E-state index in [4.69, 9.17) is 0 Å². The van der Waals surface area contributed by atoms with Gasteiger partial charge in [-0.25, -0.2) is 8.78 Å². The molecule has 0 aliphatic heterocycles. The number of hydrogen-bond acceptors (Lipinski definition) is 1. The molecule has 0 radical (unpaired) electrons. The first-order valence-corrected chi connectivity index (χ1v) is 4.75. The van der Waals surface area contributed by atoms with Crippen LogP contribution in [0.15, 0.2) is 36.5 Å². The Morgan fingerprint density at radius 1 is 1.25 bits per heavy atom. The average molecular weight is 221 g/mol. The van der Waals surface area contributed by atoms with Crippen molar-refractivity contribution in [3.63, 3.8) is 0 Å². The van der Waals surface area contributed by atoms with E-state index in [2.05, 4.69) is 0 Å². The van der Waals surface area contributed by atoms with Crippen LogP contribution in [0.3, 0.4) is 0 Å².